The molecule has 4 N–H and O–H groups in total. The number of benzene rings is 4. The molecule has 2 amide bonds. The Morgan fingerprint density at radius 3 is 1.15 bits per heavy atom. The lowest BCUT2D eigenvalue weighted by molar-refractivity contribution is -0.117. The van der Waals surface area contributed by atoms with Crippen LogP contribution in [0.4, 0.5) is 11.4 Å². The van der Waals surface area contributed by atoms with Crippen LogP contribution < -0.4 is 20.1 Å². The maximum atomic E-state index is 12.6. The van der Waals surface area contributed by atoms with E-state index >= 15 is 0 Å². The number of carbonyl (C=O) groups is 2. The first-order chi connectivity index (χ1) is 22.6. The SMILES string of the molecule is O=C(CCCCCCCC(=O)Nc1ccc(S(=O)(=O)NCc2ccccc2)cc1)Nc1ccc(S(=O)(=O)NCc2ccccc2)cc1. The second-order valence-corrected chi connectivity index (χ2v) is 14.6. The van der Waals surface area contributed by atoms with E-state index < -0.39 is 20.0 Å². The van der Waals surface area contributed by atoms with Crippen LogP contribution in [0.2, 0.25) is 0 Å². The average molecular weight is 677 g/mol. The summed E-state index contributed by atoms with van der Waals surface area (Å²) < 4.78 is 55.4. The van der Waals surface area contributed by atoms with Crippen molar-refractivity contribution in [3.05, 3.63) is 120 Å². The van der Waals surface area contributed by atoms with Crippen LogP contribution in [0.1, 0.15) is 56.1 Å². The Labute approximate surface area is 277 Å². The van der Waals surface area contributed by atoms with Gasteiger partial charge in [-0.05, 0) is 72.5 Å². The van der Waals surface area contributed by atoms with Crippen LogP contribution in [0.15, 0.2) is 119 Å². The highest BCUT2D eigenvalue weighted by Crippen LogP contribution is 2.17. The minimum absolute atomic E-state index is 0.121. The molecule has 0 atom stereocenters. The van der Waals surface area contributed by atoms with Gasteiger partial charge in [-0.3, -0.25) is 9.59 Å². The van der Waals surface area contributed by atoms with Gasteiger partial charge in [0.25, 0.3) is 0 Å². The average Bonchev–Trinajstić information content (AvgIpc) is 3.07. The summed E-state index contributed by atoms with van der Waals surface area (Å²) in [5.74, 6) is -0.291. The van der Waals surface area contributed by atoms with E-state index in [1.54, 1.807) is 24.3 Å². The van der Waals surface area contributed by atoms with Crippen LogP contribution in [-0.4, -0.2) is 28.6 Å². The zero-order valence-corrected chi connectivity index (χ0v) is 27.7. The van der Waals surface area contributed by atoms with Crippen molar-refractivity contribution < 1.29 is 26.4 Å². The summed E-state index contributed by atoms with van der Waals surface area (Å²) in [5, 5.41) is 5.60. The van der Waals surface area contributed by atoms with E-state index in [4.69, 9.17) is 0 Å². The largest absolute Gasteiger partial charge is 0.326 e. The molecule has 0 radical (unpaired) electrons. The molecule has 0 saturated carbocycles. The van der Waals surface area contributed by atoms with E-state index in [-0.39, 0.29) is 34.7 Å². The van der Waals surface area contributed by atoms with Crippen LogP contribution in [0.5, 0.6) is 0 Å². The van der Waals surface area contributed by atoms with Crippen LogP contribution in [0.25, 0.3) is 0 Å². The first-order valence-electron chi connectivity index (χ1n) is 15.5. The third-order valence-corrected chi connectivity index (χ3v) is 10.2. The van der Waals surface area contributed by atoms with Crippen LogP contribution >= 0.6 is 0 Å². The molecule has 0 unspecified atom stereocenters. The van der Waals surface area contributed by atoms with Crippen LogP contribution in [0.3, 0.4) is 0 Å². The number of hydrogen-bond donors (Lipinski definition) is 4. The molecule has 4 aromatic rings. The molecule has 0 bridgehead atoms. The fraction of sp³-hybridized carbons (Fsp3) is 0.257. The molecular weight excluding hydrogens is 637 g/mol. The Hall–Kier alpha value is -4.36. The zero-order chi connectivity index (χ0) is 33.5. The van der Waals surface area contributed by atoms with Gasteiger partial charge in [-0.1, -0.05) is 79.9 Å². The molecule has 4 aromatic carbocycles. The minimum Gasteiger partial charge on any atom is -0.326 e. The summed E-state index contributed by atoms with van der Waals surface area (Å²) in [6.45, 7) is 0.377. The number of unbranched alkanes of at least 4 members (excludes halogenated alkanes) is 4. The van der Waals surface area contributed by atoms with E-state index in [1.165, 1.54) is 24.3 Å². The molecule has 0 aliphatic rings. The van der Waals surface area contributed by atoms with Gasteiger partial charge < -0.3 is 10.6 Å². The van der Waals surface area contributed by atoms with Crippen LogP contribution in [0, 0.1) is 0 Å². The summed E-state index contributed by atoms with van der Waals surface area (Å²) in [6.07, 6.45) is 4.64. The smallest absolute Gasteiger partial charge is 0.240 e. The molecule has 47 heavy (non-hydrogen) atoms. The normalized spacial score (nSPS) is 11.6. The Kier molecular flexibility index (Phi) is 13.2. The van der Waals surface area contributed by atoms with Crippen molar-refractivity contribution in [2.24, 2.45) is 0 Å². The van der Waals surface area contributed by atoms with Crippen molar-refractivity contribution in [2.45, 2.75) is 67.8 Å². The van der Waals surface area contributed by atoms with Gasteiger partial charge in [0.1, 0.15) is 0 Å². The third kappa shape index (κ3) is 12.1. The number of nitrogens with one attached hydrogen (secondary N) is 4. The molecule has 0 heterocycles. The Bertz CT molecular complexity index is 1660. The summed E-state index contributed by atoms with van der Waals surface area (Å²) >= 11 is 0. The fourth-order valence-corrected chi connectivity index (χ4v) is 6.73. The second kappa shape index (κ2) is 17.5. The van der Waals surface area contributed by atoms with E-state index in [0.717, 1.165) is 30.4 Å². The third-order valence-electron chi connectivity index (χ3n) is 7.32. The molecule has 0 aliphatic heterocycles. The van der Waals surface area contributed by atoms with Gasteiger partial charge in [0.05, 0.1) is 9.79 Å². The monoisotopic (exact) mass is 676 g/mol. The summed E-state index contributed by atoms with van der Waals surface area (Å²) in [7, 11) is -7.35. The zero-order valence-electron chi connectivity index (χ0n) is 26.0. The Balaban J connectivity index is 1.07. The maximum absolute atomic E-state index is 12.6. The first-order valence-corrected chi connectivity index (χ1v) is 18.4. The summed E-state index contributed by atoms with van der Waals surface area (Å²) in [4.78, 5) is 24.9. The summed E-state index contributed by atoms with van der Waals surface area (Å²) in [6, 6.07) is 30.6. The van der Waals surface area contributed by atoms with E-state index in [2.05, 4.69) is 20.1 Å². The molecule has 12 heteroatoms. The topological polar surface area (TPSA) is 151 Å². The van der Waals surface area contributed by atoms with Crippen molar-refractivity contribution in [1.29, 1.82) is 0 Å². The van der Waals surface area contributed by atoms with Crippen molar-refractivity contribution in [3.8, 4) is 0 Å². The van der Waals surface area contributed by atoms with Gasteiger partial charge in [0.15, 0.2) is 0 Å². The molecule has 248 valence electrons. The van der Waals surface area contributed by atoms with E-state index in [1.807, 2.05) is 60.7 Å². The number of rotatable bonds is 18. The van der Waals surface area contributed by atoms with Crippen molar-refractivity contribution >= 4 is 43.2 Å². The molecule has 10 nitrogen and oxygen atoms in total. The quantitative estimate of drug-likeness (QED) is 0.0957. The van der Waals surface area contributed by atoms with Gasteiger partial charge >= 0.3 is 0 Å². The standard InChI is InChI=1S/C35H40N4O6S2/c40-34(38-30-18-22-32(23-19-30)46(42,43)36-26-28-12-6-4-7-13-28)16-10-2-1-3-11-17-35(41)39-31-20-24-33(25-21-31)47(44,45)37-27-29-14-8-5-9-15-29/h4-9,12-15,18-25,36-37H,1-3,10-11,16-17,26-27H2,(H,38,40)(H,39,41). The number of sulfonamides is 2. The Morgan fingerprint density at radius 1 is 0.447 bits per heavy atom. The molecule has 0 fully saturated rings. The predicted octanol–water partition coefficient (Wildman–Crippen LogP) is 5.95. The number of amides is 2. The predicted molar refractivity (Wildman–Crippen MR) is 183 cm³/mol. The first kappa shape index (κ1) is 35.5. The van der Waals surface area contributed by atoms with Crippen LogP contribution in [-0.2, 0) is 42.7 Å². The lowest BCUT2D eigenvalue weighted by Crippen LogP contribution is -2.23. The number of hydrogen-bond acceptors (Lipinski definition) is 6. The summed E-state index contributed by atoms with van der Waals surface area (Å²) in [5.41, 5.74) is 2.76. The molecule has 0 saturated heterocycles. The van der Waals surface area contributed by atoms with Gasteiger partial charge in [-0.25, -0.2) is 26.3 Å². The molecule has 0 aromatic heterocycles. The highest BCUT2D eigenvalue weighted by atomic mass is 32.2. The maximum Gasteiger partial charge on any atom is 0.240 e. The van der Waals surface area contributed by atoms with Gasteiger partial charge in [0, 0.05) is 37.3 Å². The highest BCUT2D eigenvalue weighted by molar-refractivity contribution is 7.89. The molecular formula is C35H40N4O6S2. The molecule has 0 aliphatic carbocycles. The fourth-order valence-electron chi connectivity index (χ4n) is 4.70. The second-order valence-electron chi connectivity index (χ2n) is 11.0. The van der Waals surface area contributed by atoms with Crippen molar-refractivity contribution in [3.63, 3.8) is 0 Å². The number of carbonyl (C=O) groups excluding carboxylic acids is 2. The number of anilines is 2. The van der Waals surface area contributed by atoms with Crippen molar-refractivity contribution in [2.75, 3.05) is 10.6 Å². The lowest BCUT2D eigenvalue weighted by Gasteiger charge is -2.09. The van der Waals surface area contributed by atoms with E-state index in [0.29, 0.717) is 37.1 Å². The highest BCUT2D eigenvalue weighted by Gasteiger charge is 2.15. The minimum atomic E-state index is -3.68. The van der Waals surface area contributed by atoms with Gasteiger partial charge in [-0.2, -0.15) is 0 Å². The lowest BCUT2D eigenvalue weighted by atomic mass is 10.1. The molecule has 4 rings (SSSR count). The van der Waals surface area contributed by atoms with Gasteiger partial charge in [-0.15, -0.1) is 0 Å². The molecule has 0 spiro atoms. The van der Waals surface area contributed by atoms with Crippen molar-refractivity contribution in [1.82, 2.24) is 9.44 Å². The Morgan fingerprint density at radius 2 is 0.787 bits per heavy atom. The van der Waals surface area contributed by atoms with E-state index in [9.17, 15) is 26.4 Å². The van der Waals surface area contributed by atoms with Gasteiger partial charge in [0.2, 0.25) is 31.9 Å².